The van der Waals surface area contributed by atoms with Gasteiger partial charge in [0.15, 0.2) is 0 Å². The van der Waals surface area contributed by atoms with Crippen LogP contribution in [0.1, 0.15) is 31.4 Å². The molecule has 1 heterocycles. The number of rotatable bonds is 2. The molecule has 0 N–H and O–H groups in total. The molecule has 16 heavy (non-hydrogen) atoms. The highest BCUT2D eigenvalue weighted by Crippen LogP contribution is 2.42. The SMILES string of the molecule is CCC1(CI)c2ccccc2CN1C(C)=O. The molecule has 3 heteroatoms. The molecule has 1 aliphatic heterocycles. The molecule has 1 amide bonds. The lowest BCUT2D eigenvalue weighted by atomic mass is 9.89. The van der Waals surface area contributed by atoms with Crippen LogP contribution in [0, 0.1) is 0 Å². The van der Waals surface area contributed by atoms with E-state index < -0.39 is 0 Å². The number of carbonyl (C=O) groups is 1. The molecule has 0 radical (unpaired) electrons. The highest BCUT2D eigenvalue weighted by Gasteiger charge is 2.43. The van der Waals surface area contributed by atoms with E-state index >= 15 is 0 Å². The van der Waals surface area contributed by atoms with E-state index in [4.69, 9.17) is 0 Å². The minimum Gasteiger partial charge on any atom is -0.328 e. The molecule has 0 fully saturated rings. The maximum absolute atomic E-state index is 11.8. The first-order valence-corrected chi connectivity index (χ1v) is 7.11. The number of benzene rings is 1. The highest BCUT2D eigenvalue weighted by molar-refractivity contribution is 14.1. The van der Waals surface area contributed by atoms with E-state index in [1.807, 2.05) is 4.90 Å². The molecule has 2 rings (SSSR count). The zero-order chi connectivity index (χ0) is 11.8. The summed E-state index contributed by atoms with van der Waals surface area (Å²) in [4.78, 5) is 13.8. The van der Waals surface area contributed by atoms with Crippen LogP contribution in [0.3, 0.4) is 0 Å². The number of nitrogens with zero attached hydrogens (tertiary/aromatic N) is 1. The van der Waals surface area contributed by atoms with Crippen molar-refractivity contribution in [3.8, 4) is 0 Å². The molecule has 1 unspecified atom stereocenters. The number of halogens is 1. The monoisotopic (exact) mass is 329 g/mol. The van der Waals surface area contributed by atoms with Gasteiger partial charge in [-0.15, -0.1) is 0 Å². The van der Waals surface area contributed by atoms with E-state index in [0.29, 0.717) is 0 Å². The second kappa shape index (κ2) is 4.35. The van der Waals surface area contributed by atoms with Gasteiger partial charge >= 0.3 is 0 Å². The molecule has 0 aromatic heterocycles. The minimum absolute atomic E-state index is 0.0804. The Bertz CT molecular complexity index is 412. The van der Waals surface area contributed by atoms with E-state index in [0.717, 1.165) is 17.4 Å². The zero-order valence-electron chi connectivity index (χ0n) is 9.66. The van der Waals surface area contributed by atoms with Crippen molar-refractivity contribution in [1.82, 2.24) is 4.90 Å². The third-order valence-corrected chi connectivity index (χ3v) is 4.81. The maximum atomic E-state index is 11.8. The third-order valence-electron chi connectivity index (χ3n) is 3.55. The fourth-order valence-electron chi connectivity index (χ4n) is 2.61. The fraction of sp³-hybridized carbons (Fsp3) is 0.462. The first-order valence-electron chi connectivity index (χ1n) is 5.58. The lowest BCUT2D eigenvalue weighted by Crippen LogP contribution is -2.44. The Morgan fingerprint density at radius 2 is 2.19 bits per heavy atom. The average molecular weight is 329 g/mol. The van der Waals surface area contributed by atoms with Gasteiger partial charge in [0.1, 0.15) is 0 Å². The van der Waals surface area contributed by atoms with Crippen molar-refractivity contribution in [2.24, 2.45) is 0 Å². The second-order valence-electron chi connectivity index (χ2n) is 4.28. The van der Waals surface area contributed by atoms with Crippen LogP contribution in [0.25, 0.3) is 0 Å². The molecule has 0 saturated carbocycles. The first kappa shape index (κ1) is 11.9. The third kappa shape index (κ3) is 1.56. The van der Waals surface area contributed by atoms with Gasteiger partial charge in [-0.05, 0) is 17.5 Å². The van der Waals surface area contributed by atoms with Gasteiger partial charge in [-0.2, -0.15) is 0 Å². The van der Waals surface area contributed by atoms with Crippen LogP contribution in [0.5, 0.6) is 0 Å². The molecule has 2 nitrogen and oxygen atoms in total. The van der Waals surface area contributed by atoms with E-state index in [1.54, 1.807) is 6.92 Å². The second-order valence-corrected chi connectivity index (χ2v) is 5.04. The van der Waals surface area contributed by atoms with Crippen molar-refractivity contribution >= 4 is 28.5 Å². The largest absolute Gasteiger partial charge is 0.328 e. The summed E-state index contributed by atoms with van der Waals surface area (Å²) in [5.74, 6) is 0.176. The number of carbonyl (C=O) groups excluding carboxylic acids is 1. The summed E-state index contributed by atoms with van der Waals surface area (Å²) in [7, 11) is 0. The van der Waals surface area contributed by atoms with E-state index in [2.05, 4.69) is 53.8 Å². The standard InChI is InChI=1S/C13H16INO/c1-3-13(9-14)12-7-5-4-6-11(12)8-15(13)10(2)16/h4-7H,3,8-9H2,1-2H3. The van der Waals surface area contributed by atoms with Gasteiger partial charge in [-0.1, -0.05) is 53.8 Å². The Kier molecular flexibility index (Phi) is 3.24. The molecule has 1 atom stereocenters. The Balaban J connectivity index is 2.55. The minimum atomic E-state index is -0.0804. The normalized spacial score (nSPS) is 23.3. The van der Waals surface area contributed by atoms with Gasteiger partial charge in [-0.3, -0.25) is 4.79 Å². The van der Waals surface area contributed by atoms with Crippen molar-refractivity contribution in [3.63, 3.8) is 0 Å². The predicted molar refractivity (Wildman–Crippen MR) is 73.5 cm³/mol. The average Bonchev–Trinajstić information content (AvgIpc) is 2.64. The van der Waals surface area contributed by atoms with Crippen LogP contribution in [0.15, 0.2) is 24.3 Å². The molecule has 1 aliphatic rings. The lowest BCUT2D eigenvalue weighted by Gasteiger charge is -2.36. The molecule has 1 aromatic rings. The van der Waals surface area contributed by atoms with Gasteiger partial charge in [0, 0.05) is 17.9 Å². The Labute approximate surface area is 110 Å². The molecule has 0 spiro atoms. The van der Waals surface area contributed by atoms with E-state index in [-0.39, 0.29) is 11.4 Å². The molecule has 0 saturated heterocycles. The summed E-state index contributed by atoms with van der Waals surface area (Å²) in [6.07, 6.45) is 0.979. The lowest BCUT2D eigenvalue weighted by molar-refractivity contribution is -0.134. The summed E-state index contributed by atoms with van der Waals surface area (Å²) in [5, 5.41) is 0. The summed E-state index contributed by atoms with van der Waals surface area (Å²) in [5.41, 5.74) is 2.56. The predicted octanol–water partition coefficient (Wildman–Crippen LogP) is 3.09. The van der Waals surface area contributed by atoms with Crippen LogP contribution in [0.4, 0.5) is 0 Å². The van der Waals surface area contributed by atoms with Gasteiger partial charge in [0.25, 0.3) is 0 Å². The molecule has 86 valence electrons. The van der Waals surface area contributed by atoms with Crippen molar-refractivity contribution in [2.45, 2.75) is 32.4 Å². The van der Waals surface area contributed by atoms with Crippen molar-refractivity contribution < 1.29 is 4.79 Å². The smallest absolute Gasteiger partial charge is 0.220 e. The summed E-state index contributed by atoms with van der Waals surface area (Å²) in [6, 6.07) is 8.42. The fourth-order valence-corrected chi connectivity index (χ4v) is 3.97. The Morgan fingerprint density at radius 3 is 2.75 bits per heavy atom. The Hall–Kier alpha value is -0.580. The van der Waals surface area contributed by atoms with Gasteiger partial charge in [0.05, 0.1) is 5.54 Å². The highest BCUT2D eigenvalue weighted by atomic mass is 127. The summed E-state index contributed by atoms with van der Waals surface area (Å²) < 4.78 is 0.956. The summed E-state index contributed by atoms with van der Waals surface area (Å²) in [6.45, 7) is 4.60. The van der Waals surface area contributed by atoms with Crippen LogP contribution in [-0.4, -0.2) is 15.2 Å². The van der Waals surface area contributed by atoms with Crippen LogP contribution in [0.2, 0.25) is 0 Å². The number of amides is 1. The van der Waals surface area contributed by atoms with E-state index in [9.17, 15) is 4.79 Å². The van der Waals surface area contributed by atoms with Crippen molar-refractivity contribution in [3.05, 3.63) is 35.4 Å². The van der Waals surface area contributed by atoms with E-state index in [1.165, 1.54) is 11.1 Å². The van der Waals surface area contributed by atoms with Crippen molar-refractivity contribution in [2.75, 3.05) is 4.43 Å². The molecular weight excluding hydrogens is 313 g/mol. The number of hydrogen-bond donors (Lipinski definition) is 0. The molecular formula is C13H16INO. The maximum Gasteiger partial charge on any atom is 0.220 e. The number of alkyl halides is 1. The topological polar surface area (TPSA) is 20.3 Å². The Morgan fingerprint density at radius 1 is 1.50 bits per heavy atom. The summed E-state index contributed by atoms with van der Waals surface area (Å²) >= 11 is 2.39. The van der Waals surface area contributed by atoms with Gasteiger partial charge < -0.3 is 4.90 Å². The number of hydrogen-bond acceptors (Lipinski definition) is 1. The van der Waals surface area contributed by atoms with Gasteiger partial charge in [-0.25, -0.2) is 0 Å². The van der Waals surface area contributed by atoms with Gasteiger partial charge in [0.2, 0.25) is 5.91 Å². The van der Waals surface area contributed by atoms with Crippen LogP contribution < -0.4 is 0 Å². The van der Waals surface area contributed by atoms with Crippen LogP contribution in [-0.2, 0) is 16.9 Å². The van der Waals surface area contributed by atoms with Crippen LogP contribution >= 0.6 is 22.6 Å². The zero-order valence-corrected chi connectivity index (χ0v) is 11.8. The molecule has 0 aliphatic carbocycles. The number of fused-ring (bicyclic) bond motifs is 1. The molecule has 1 aromatic carbocycles. The quantitative estimate of drug-likeness (QED) is 0.603. The first-order chi connectivity index (χ1) is 7.65. The van der Waals surface area contributed by atoms with Crippen molar-refractivity contribution in [1.29, 1.82) is 0 Å². The molecule has 0 bridgehead atoms.